The van der Waals surface area contributed by atoms with E-state index in [1.807, 2.05) is 68.4 Å². The van der Waals surface area contributed by atoms with Crippen LogP contribution >= 0.6 is 0 Å². The van der Waals surface area contributed by atoms with Crippen LogP contribution < -0.4 is 15.4 Å². The molecule has 0 bridgehead atoms. The van der Waals surface area contributed by atoms with Gasteiger partial charge in [-0.15, -0.1) is 0 Å². The number of amides is 3. The van der Waals surface area contributed by atoms with Crippen LogP contribution in [0.1, 0.15) is 52.9 Å². The molecule has 1 atom stereocenters. The minimum Gasteiger partial charge on any atom is -0.491 e. The zero-order valence-corrected chi connectivity index (χ0v) is 20.9. The minimum atomic E-state index is -1.15. The second-order valence-corrected chi connectivity index (χ2v) is 9.37. The predicted molar refractivity (Wildman–Crippen MR) is 134 cm³/mol. The largest absolute Gasteiger partial charge is 0.491 e. The number of hydrogen-bond donors (Lipinski definition) is 2. The van der Waals surface area contributed by atoms with Crippen LogP contribution in [0.15, 0.2) is 60.7 Å². The highest BCUT2D eigenvalue weighted by atomic mass is 16.5. The molecule has 0 fully saturated rings. The summed E-state index contributed by atoms with van der Waals surface area (Å²) >= 11 is 0. The fraction of sp³-hybridized carbons (Fsp3) is 0.333. The molecule has 1 aromatic heterocycles. The summed E-state index contributed by atoms with van der Waals surface area (Å²) in [6.45, 7) is 6.40. The van der Waals surface area contributed by atoms with E-state index in [1.165, 1.54) is 15.6 Å². The molecule has 3 aromatic rings. The molecule has 3 amide bonds. The number of nitrogens with zero attached hydrogens (tertiary/aromatic N) is 3. The zero-order valence-electron chi connectivity index (χ0n) is 20.9. The number of hydrogen-bond acceptors (Lipinski definition) is 5. The van der Waals surface area contributed by atoms with Crippen molar-refractivity contribution in [1.82, 2.24) is 25.3 Å². The third-order valence-electron chi connectivity index (χ3n) is 6.27. The molecule has 9 heteroatoms. The third-order valence-corrected chi connectivity index (χ3v) is 6.27. The normalized spacial score (nSPS) is 17.0. The average molecular weight is 490 g/mol. The standard InChI is InChI=1S/C27H31N5O4/c1-18(2)36-21-12-10-20(11-13-21)15-28-24(33)22-14-23-25(34)31(4)27(3,17-32(23)30-22)26(35)29-16-19-8-6-5-7-9-19/h5-14,18H,15-17H2,1-4H3,(H,28,33)(H,29,35)/t27-/m0/s1. The maximum atomic E-state index is 13.1. The summed E-state index contributed by atoms with van der Waals surface area (Å²) in [6.07, 6.45) is 0.0843. The van der Waals surface area contributed by atoms with Crippen molar-refractivity contribution in [2.75, 3.05) is 7.05 Å². The molecule has 0 unspecified atom stereocenters. The molecule has 4 rings (SSSR count). The molecule has 1 aliphatic rings. The number of likely N-dealkylation sites (N-methyl/N-ethyl adjacent to an activating group) is 1. The molecule has 0 saturated heterocycles. The Morgan fingerprint density at radius 1 is 1.03 bits per heavy atom. The van der Waals surface area contributed by atoms with E-state index in [2.05, 4.69) is 15.7 Å². The molecular formula is C27H31N5O4. The molecule has 188 valence electrons. The summed E-state index contributed by atoms with van der Waals surface area (Å²) in [5, 5.41) is 10.1. The molecule has 0 saturated carbocycles. The lowest BCUT2D eigenvalue weighted by molar-refractivity contribution is -0.132. The van der Waals surface area contributed by atoms with Crippen LogP contribution in [0.4, 0.5) is 0 Å². The van der Waals surface area contributed by atoms with E-state index in [9.17, 15) is 14.4 Å². The summed E-state index contributed by atoms with van der Waals surface area (Å²) in [5.41, 5.74) is 1.10. The molecule has 2 heterocycles. The zero-order chi connectivity index (χ0) is 25.9. The van der Waals surface area contributed by atoms with Crippen molar-refractivity contribution in [2.24, 2.45) is 0 Å². The predicted octanol–water partition coefficient (Wildman–Crippen LogP) is 2.76. The van der Waals surface area contributed by atoms with E-state index in [1.54, 1.807) is 14.0 Å². The van der Waals surface area contributed by atoms with Crippen LogP contribution in [0, 0.1) is 0 Å². The summed E-state index contributed by atoms with van der Waals surface area (Å²) < 4.78 is 7.08. The third kappa shape index (κ3) is 5.25. The van der Waals surface area contributed by atoms with Gasteiger partial charge >= 0.3 is 0 Å². The Hall–Kier alpha value is -4.14. The van der Waals surface area contributed by atoms with E-state index in [4.69, 9.17) is 4.74 Å². The van der Waals surface area contributed by atoms with Crippen LogP contribution in [0.25, 0.3) is 0 Å². The molecule has 0 aliphatic carbocycles. The quantitative estimate of drug-likeness (QED) is 0.506. The van der Waals surface area contributed by atoms with E-state index in [0.717, 1.165) is 16.9 Å². The fourth-order valence-electron chi connectivity index (χ4n) is 4.04. The lowest BCUT2D eigenvalue weighted by Crippen LogP contribution is -2.62. The molecule has 0 spiro atoms. The van der Waals surface area contributed by atoms with E-state index in [0.29, 0.717) is 13.1 Å². The van der Waals surface area contributed by atoms with Gasteiger partial charge in [0.1, 0.15) is 17.0 Å². The molecule has 1 aliphatic heterocycles. The van der Waals surface area contributed by atoms with Gasteiger partial charge < -0.3 is 20.3 Å². The Morgan fingerprint density at radius 2 is 1.67 bits per heavy atom. The lowest BCUT2D eigenvalue weighted by atomic mass is 9.96. The highest BCUT2D eigenvalue weighted by Crippen LogP contribution is 2.26. The van der Waals surface area contributed by atoms with Crippen molar-refractivity contribution in [3.05, 3.63) is 83.2 Å². The van der Waals surface area contributed by atoms with Gasteiger partial charge in [0.25, 0.3) is 11.8 Å². The highest BCUT2D eigenvalue weighted by molar-refractivity contribution is 6.01. The SMILES string of the molecule is CC(C)Oc1ccc(CNC(=O)c2cc3n(n2)C[C@@](C)(C(=O)NCc2ccccc2)N(C)C3=O)cc1. The highest BCUT2D eigenvalue weighted by Gasteiger charge is 2.46. The van der Waals surface area contributed by atoms with Crippen LogP contribution in [0.2, 0.25) is 0 Å². The number of rotatable bonds is 8. The van der Waals surface area contributed by atoms with Crippen LogP contribution in [-0.4, -0.2) is 51.1 Å². The smallest absolute Gasteiger partial charge is 0.272 e. The maximum absolute atomic E-state index is 13.1. The van der Waals surface area contributed by atoms with Gasteiger partial charge in [-0.05, 0) is 44.0 Å². The van der Waals surface area contributed by atoms with Crippen molar-refractivity contribution in [3.63, 3.8) is 0 Å². The number of aromatic nitrogens is 2. The average Bonchev–Trinajstić information content (AvgIpc) is 3.29. The van der Waals surface area contributed by atoms with Crippen molar-refractivity contribution in [2.45, 2.75) is 52.0 Å². The first kappa shape index (κ1) is 25.0. The summed E-state index contributed by atoms with van der Waals surface area (Å²) in [6, 6.07) is 18.5. The second kappa shape index (κ2) is 10.2. The molecule has 0 radical (unpaired) electrons. The first-order valence-electron chi connectivity index (χ1n) is 11.9. The molecule has 9 nitrogen and oxygen atoms in total. The van der Waals surface area contributed by atoms with Gasteiger partial charge in [0, 0.05) is 26.2 Å². The van der Waals surface area contributed by atoms with E-state index >= 15 is 0 Å². The van der Waals surface area contributed by atoms with Crippen molar-refractivity contribution in [3.8, 4) is 5.75 Å². The first-order chi connectivity index (χ1) is 17.2. The summed E-state index contributed by atoms with van der Waals surface area (Å²) in [5.74, 6) is -0.296. The number of benzene rings is 2. The van der Waals surface area contributed by atoms with Crippen molar-refractivity contribution in [1.29, 1.82) is 0 Å². The van der Waals surface area contributed by atoms with Crippen LogP contribution in [0.3, 0.4) is 0 Å². The molecule has 2 N–H and O–H groups in total. The van der Waals surface area contributed by atoms with Crippen molar-refractivity contribution < 1.29 is 19.1 Å². The van der Waals surface area contributed by atoms with Crippen LogP contribution in [0.5, 0.6) is 5.75 Å². The fourth-order valence-corrected chi connectivity index (χ4v) is 4.04. The number of nitrogens with one attached hydrogen (secondary N) is 2. The number of ether oxygens (including phenoxy) is 1. The number of carbonyl (C=O) groups is 3. The van der Waals surface area contributed by atoms with E-state index < -0.39 is 11.4 Å². The Labute approximate surface area is 210 Å². The van der Waals surface area contributed by atoms with Gasteiger partial charge in [-0.1, -0.05) is 42.5 Å². The van der Waals surface area contributed by atoms with Gasteiger partial charge in [0.2, 0.25) is 5.91 Å². The Kier molecular flexibility index (Phi) is 7.10. The molecule has 36 heavy (non-hydrogen) atoms. The number of fused-ring (bicyclic) bond motifs is 1. The van der Waals surface area contributed by atoms with Gasteiger partial charge in [0.15, 0.2) is 5.69 Å². The number of carbonyl (C=O) groups excluding carboxylic acids is 3. The minimum absolute atomic E-state index is 0.0843. The summed E-state index contributed by atoms with van der Waals surface area (Å²) in [4.78, 5) is 40.4. The van der Waals surface area contributed by atoms with Crippen LogP contribution in [-0.2, 0) is 24.4 Å². The monoisotopic (exact) mass is 489 g/mol. The Bertz CT molecular complexity index is 1250. The van der Waals surface area contributed by atoms with E-state index in [-0.39, 0.29) is 35.9 Å². The maximum Gasteiger partial charge on any atom is 0.272 e. The Balaban J connectivity index is 1.42. The topological polar surface area (TPSA) is 106 Å². The van der Waals surface area contributed by atoms with Gasteiger partial charge in [0.05, 0.1) is 12.6 Å². The van der Waals surface area contributed by atoms with Gasteiger partial charge in [-0.2, -0.15) is 5.10 Å². The lowest BCUT2D eigenvalue weighted by Gasteiger charge is -2.40. The van der Waals surface area contributed by atoms with Gasteiger partial charge in [-0.25, -0.2) is 0 Å². The van der Waals surface area contributed by atoms with Gasteiger partial charge in [-0.3, -0.25) is 19.1 Å². The summed E-state index contributed by atoms with van der Waals surface area (Å²) in [7, 11) is 1.59. The molecule has 2 aromatic carbocycles. The molecular weight excluding hydrogens is 458 g/mol. The Morgan fingerprint density at radius 3 is 2.33 bits per heavy atom. The second-order valence-electron chi connectivity index (χ2n) is 9.37. The van der Waals surface area contributed by atoms with Crippen molar-refractivity contribution >= 4 is 17.7 Å². The first-order valence-corrected chi connectivity index (χ1v) is 11.9.